The Balaban J connectivity index is 1.61. The molecule has 5 rings (SSSR count). The van der Waals surface area contributed by atoms with Crippen LogP contribution >= 0.6 is 0 Å². The minimum atomic E-state index is -0.492. The number of aromatic nitrogens is 2. The van der Waals surface area contributed by atoms with E-state index in [9.17, 15) is 4.39 Å². The summed E-state index contributed by atoms with van der Waals surface area (Å²) in [5, 5.41) is 0. The maximum atomic E-state index is 13.2. The first-order valence-electron chi connectivity index (χ1n) is 9.70. The first-order valence-corrected chi connectivity index (χ1v) is 9.70. The minimum absolute atomic E-state index is 0.474. The molecular formula is C22H24FN3. The summed E-state index contributed by atoms with van der Waals surface area (Å²) in [5.74, 6) is 0. The molecule has 2 aliphatic rings. The van der Waals surface area contributed by atoms with E-state index in [0.717, 1.165) is 31.4 Å². The van der Waals surface area contributed by atoms with Gasteiger partial charge in [0.1, 0.15) is 6.67 Å². The van der Waals surface area contributed by atoms with Crippen LogP contribution in [0.5, 0.6) is 0 Å². The summed E-state index contributed by atoms with van der Waals surface area (Å²) in [5.41, 5.74) is 6.94. The van der Waals surface area contributed by atoms with E-state index < -0.39 is 6.67 Å². The highest BCUT2D eigenvalue weighted by molar-refractivity contribution is 5.83. The molecule has 1 aromatic carbocycles. The summed E-state index contributed by atoms with van der Waals surface area (Å²) in [6.45, 7) is 2.78. The average molecular weight is 349 g/mol. The fourth-order valence-electron chi connectivity index (χ4n) is 4.84. The predicted octanol–water partition coefficient (Wildman–Crippen LogP) is 4.44. The van der Waals surface area contributed by atoms with E-state index >= 15 is 0 Å². The van der Waals surface area contributed by atoms with Gasteiger partial charge >= 0.3 is 0 Å². The lowest BCUT2D eigenvalue weighted by Crippen LogP contribution is -2.31. The Morgan fingerprint density at radius 2 is 1.96 bits per heavy atom. The van der Waals surface area contributed by atoms with E-state index in [-0.39, 0.29) is 0 Å². The smallest absolute Gasteiger partial charge is 0.131 e. The summed E-state index contributed by atoms with van der Waals surface area (Å²) >= 11 is 0. The topological polar surface area (TPSA) is 21.1 Å². The largest absolute Gasteiger partial charge is 0.343 e. The number of nitrogens with zero attached hydrogens (tertiary/aromatic N) is 3. The predicted molar refractivity (Wildman–Crippen MR) is 102 cm³/mol. The molecule has 0 N–H and O–H groups in total. The normalized spacial score (nSPS) is 19.7. The molecule has 1 atom stereocenters. The number of hydrogen-bond donors (Lipinski definition) is 0. The lowest BCUT2D eigenvalue weighted by atomic mass is 9.98. The molecule has 3 aromatic rings. The molecule has 2 aliphatic heterocycles. The van der Waals surface area contributed by atoms with Crippen LogP contribution in [0.3, 0.4) is 0 Å². The number of pyridine rings is 1. The molecule has 134 valence electrons. The van der Waals surface area contributed by atoms with E-state index in [0.29, 0.717) is 11.7 Å². The highest BCUT2D eigenvalue weighted by atomic mass is 19.1. The molecule has 0 aliphatic carbocycles. The minimum Gasteiger partial charge on any atom is -0.343 e. The summed E-state index contributed by atoms with van der Waals surface area (Å²) in [6, 6.07) is 15.1. The van der Waals surface area contributed by atoms with Gasteiger partial charge in [0.05, 0.1) is 16.7 Å². The van der Waals surface area contributed by atoms with Gasteiger partial charge in [-0.1, -0.05) is 30.3 Å². The van der Waals surface area contributed by atoms with Crippen molar-refractivity contribution in [2.45, 2.75) is 44.9 Å². The summed E-state index contributed by atoms with van der Waals surface area (Å²) < 4.78 is 15.7. The maximum absolute atomic E-state index is 13.2. The van der Waals surface area contributed by atoms with Crippen molar-refractivity contribution >= 4 is 11.0 Å². The highest BCUT2D eigenvalue weighted by Gasteiger charge is 2.35. The van der Waals surface area contributed by atoms with E-state index in [1.54, 1.807) is 0 Å². The van der Waals surface area contributed by atoms with E-state index in [1.165, 1.54) is 41.7 Å². The number of benzene rings is 1. The third-order valence-electron chi connectivity index (χ3n) is 6.05. The number of halogens is 1. The SMILES string of the molecule is FCc1ccc2c(n1)c1c(n2CCc2ccccc2)CCN2CCCC12. The Labute approximate surface area is 153 Å². The molecule has 0 spiro atoms. The van der Waals surface area contributed by atoms with Crippen LogP contribution in [0.4, 0.5) is 4.39 Å². The third-order valence-corrected chi connectivity index (χ3v) is 6.05. The van der Waals surface area contributed by atoms with Crippen molar-refractivity contribution in [1.29, 1.82) is 0 Å². The van der Waals surface area contributed by atoms with Gasteiger partial charge in [0.25, 0.3) is 0 Å². The van der Waals surface area contributed by atoms with Crippen molar-refractivity contribution in [2.75, 3.05) is 13.1 Å². The van der Waals surface area contributed by atoms with Gasteiger partial charge in [-0.3, -0.25) is 4.90 Å². The second-order valence-electron chi connectivity index (χ2n) is 7.50. The van der Waals surface area contributed by atoms with Crippen LogP contribution < -0.4 is 0 Å². The van der Waals surface area contributed by atoms with Crippen molar-refractivity contribution in [3.8, 4) is 0 Å². The fourth-order valence-corrected chi connectivity index (χ4v) is 4.84. The van der Waals surface area contributed by atoms with Gasteiger partial charge in [-0.2, -0.15) is 0 Å². The van der Waals surface area contributed by atoms with Crippen molar-refractivity contribution < 1.29 is 4.39 Å². The molecule has 3 nitrogen and oxygen atoms in total. The Bertz CT molecular complexity index is 931. The molecule has 4 heteroatoms. The lowest BCUT2D eigenvalue weighted by Gasteiger charge is -2.30. The molecule has 1 saturated heterocycles. The summed E-state index contributed by atoms with van der Waals surface area (Å²) in [7, 11) is 0. The van der Waals surface area contributed by atoms with Gasteiger partial charge in [-0.05, 0) is 43.5 Å². The van der Waals surface area contributed by atoms with Crippen LogP contribution in [0.15, 0.2) is 42.5 Å². The van der Waals surface area contributed by atoms with Crippen molar-refractivity contribution in [3.63, 3.8) is 0 Å². The van der Waals surface area contributed by atoms with E-state index in [2.05, 4.69) is 45.9 Å². The summed E-state index contributed by atoms with van der Waals surface area (Å²) in [6.07, 6.45) is 4.54. The number of rotatable bonds is 4. The molecule has 4 heterocycles. The molecule has 26 heavy (non-hydrogen) atoms. The summed E-state index contributed by atoms with van der Waals surface area (Å²) in [4.78, 5) is 7.31. The maximum Gasteiger partial charge on any atom is 0.131 e. The zero-order valence-electron chi connectivity index (χ0n) is 15.0. The Hall–Kier alpha value is -2.20. The molecule has 0 amide bonds. The van der Waals surface area contributed by atoms with Gasteiger partial charge < -0.3 is 4.57 Å². The third kappa shape index (κ3) is 2.55. The number of hydrogen-bond acceptors (Lipinski definition) is 2. The lowest BCUT2D eigenvalue weighted by molar-refractivity contribution is 0.241. The molecule has 1 fully saturated rings. The number of fused-ring (bicyclic) bond motifs is 5. The van der Waals surface area contributed by atoms with Crippen LogP contribution in [-0.2, 0) is 26.1 Å². The van der Waals surface area contributed by atoms with Crippen LogP contribution in [0.25, 0.3) is 11.0 Å². The monoisotopic (exact) mass is 349 g/mol. The van der Waals surface area contributed by atoms with Gasteiger partial charge in [0.15, 0.2) is 0 Å². The van der Waals surface area contributed by atoms with Crippen LogP contribution in [0, 0.1) is 0 Å². The number of alkyl halides is 1. The van der Waals surface area contributed by atoms with Crippen LogP contribution in [0.2, 0.25) is 0 Å². The Morgan fingerprint density at radius 1 is 1.08 bits per heavy atom. The van der Waals surface area contributed by atoms with Crippen molar-refractivity contribution in [3.05, 3.63) is 65.0 Å². The van der Waals surface area contributed by atoms with E-state index in [1.807, 2.05) is 6.07 Å². The standard InChI is InChI=1S/C22H24FN3/c23-15-17-8-9-20-22(24-17)21-18-7-4-12-25(18)13-11-19(21)26(20)14-10-16-5-2-1-3-6-16/h1-3,5-6,8-9,18H,4,7,10-15H2. The quantitative estimate of drug-likeness (QED) is 0.694. The average Bonchev–Trinajstić information content (AvgIpc) is 3.28. The molecule has 0 saturated carbocycles. The first kappa shape index (κ1) is 16.0. The fraction of sp³-hybridized carbons (Fsp3) is 0.409. The van der Waals surface area contributed by atoms with Gasteiger partial charge in [0, 0.05) is 36.8 Å². The Morgan fingerprint density at radius 3 is 2.81 bits per heavy atom. The highest BCUT2D eigenvalue weighted by Crippen LogP contribution is 2.42. The molecule has 0 bridgehead atoms. The number of aryl methyl sites for hydroxylation is 2. The van der Waals surface area contributed by atoms with Crippen LogP contribution in [-0.4, -0.2) is 27.5 Å². The van der Waals surface area contributed by atoms with Crippen molar-refractivity contribution in [2.24, 2.45) is 0 Å². The zero-order chi connectivity index (χ0) is 17.5. The molecule has 1 unspecified atom stereocenters. The molecular weight excluding hydrogens is 325 g/mol. The molecule has 2 aromatic heterocycles. The van der Waals surface area contributed by atoms with Gasteiger partial charge in [-0.25, -0.2) is 9.37 Å². The molecule has 0 radical (unpaired) electrons. The van der Waals surface area contributed by atoms with Gasteiger partial charge in [0.2, 0.25) is 0 Å². The van der Waals surface area contributed by atoms with Crippen LogP contribution in [0.1, 0.15) is 41.4 Å². The zero-order valence-corrected chi connectivity index (χ0v) is 15.0. The first-order chi connectivity index (χ1) is 12.8. The van der Waals surface area contributed by atoms with E-state index in [4.69, 9.17) is 4.98 Å². The van der Waals surface area contributed by atoms with Crippen molar-refractivity contribution in [1.82, 2.24) is 14.5 Å². The second-order valence-corrected chi connectivity index (χ2v) is 7.50. The second kappa shape index (κ2) is 6.51. The van der Waals surface area contributed by atoms with Gasteiger partial charge in [-0.15, -0.1) is 0 Å². The Kier molecular flexibility index (Phi) is 4.01.